The largest absolute Gasteiger partial charge is 0.497 e. The SMILES string of the molecule is COc1ccc(NC(=O)Nc2ccc3nc(C)n(-c4ccc(F)cc4)c(=O)c3c2)c(OC)c1. The molecule has 0 saturated heterocycles. The van der Waals surface area contributed by atoms with Crippen LogP contribution in [-0.4, -0.2) is 29.8 Å². The summed E-state index contributed by atoms with van der Waals surface area (Å²) in [5.41, 5.74) is 1.51. The van der Waals surface area contributed by atoms with E-state index in [1.807, 2.05) is 0 Å². The number of methoxy groups -OCH3 is 2. The minimum absolute atomic E-state index is 0.310. The van der Waals surface area contributed by atoms with Gasteiger partial charge in [0.05, 0.1) is 36.5 Å². The molecule has 9 heteroatoms. The zero-order valence-electron chi connectivity index (χ0n) is 18.2. The van der Waals surface area contributed by atoms with Gasteiger partial charge in [-0.25, -0.2) is 14.2 Å². The maximum Gasteiger partial charge on any atom is 0.323 e. The van der Waals surface area contributed by atoms with Crippen molar-refractivity contribution < 1.29 is 18.7 Å². The van der Waals surface area contributed by atoms with Crippen LogP contribution in [0.25, 0.3) is 16.6 Å². The topological polar surface area (TPSA) is 94.5 Å². The molecule has 0 aliphatic heterocycles. The smallest absolute Gasteiger partial charge is 0.323 e. The van der Waals surface area contributed by atoms with Gasteiger partial charge in [-0.1, -0.05) is 0 Å². The summed E-state index contributed by atoms with van der Waals surface area (Å²) in [5.74, 6) is 1.09. The van der Waals surface area contributed by atoms with Crippen LogP contribution in [0.3, 0.4) is 0 Å². The Morgan fingerprint density at radius 1 is 0.970 bits per heavy atom. The number of hydrogen-bond acceptors (Lipinski definition) is 5. The number of ether oxygens (including phenoxy) is 2. The third kappa shape index (κ3) is 4.47. The molecule has 0 aliphatic carbocycles. The lowest BCUT2D eigenvalue weighted by Crippen LogP contribution is -2.23. The summed E-state index contributed by atoms with van der Waals surface area (Å²) in [5, 5.41) is 5.73. The van der Waals surface area contributed by atoms with Gasteiger partial charge in [0.25, 0.3) is 5.56 Å². The van der Waals surface area contributed by atoms with Crippen LogP contribution in [0.15, 0.2) is 65.5 Å². The maximum absolute atomic E-state index is 13.3. The first-order chi connectivity index (χ1) is 15.9. The maximum atomic E-state index is 13.3. The Morgan fingerprint density at radius 2 is 1.73 bits per heavy atom. The first-order valence-electron chi connectivity index (χ1n) is 9.99. The number of rotatable bonds is 5. The van der Waals surface area contributed by atoms with Gasteiger partial charge < -0.3 is 20.1 Å². The quantitative estimate of drug-likeness (QED) is 0.469. The normalized spacial score (nSPS) is 10.7. The summed E-state index contributed by atoms with van der Waals surface area (Å²) in [4.78, 5) is 30.2. The molecule has 1 aromatic heterocycles. The number of aromatic nitrogens is 2. The van der Waals surface area contributed by atoms with E-state index in [4.69, 9.17) is 9.47 Å². The molecule has 1 heterocycles. The zero-order valence-corrected chi connectivity index (χ0v) is 18.2. The van der Waals surface area contributed by atoms with Crippen LogP contribution in [0.2, 0.25) is 0 Å². The van der Waals surface area contributed by atoms with Gasteiger partial charge >= 0.3 is 6.03 Å². The number of fused-ring (bicyclic) bond motifs is 1. The molecule has 168 valence electrons. The van der Waals surface area contributed by atoms with Crippen molar-refractivity contribution in [2.24, 2.45) is 0 Å². The minimum atomic E-state index is -0.517. The third-order valence-electron chi connectivity index (χ3n) is 5.04. The van der Waals surface area contributed by atoms with Crippen LogP contribution < -0.4 is 25.7 Å². The number of carbonyl (C=O) groups is 1. The Kier molecular flexibility index (Phi) is 5.95. The number of halogens is 1. The molecule has 4 aromatic rings. The highest BCUT2D eigenvalue weighted by Crippen LogP contribution is 2.29. The lowest BCUT2D eigenvalue weighted by molar-refractivity contribution is 0.262. The number of amides is 2. The molecular weight excluding hydrogens is 427 g/mol. The molecule has 3 aromatic carbocycles. The molecular formula is C24H21FN4O4. The molecule has 0 aliphatic rings. The molecule has 0 atom stereocenters. The molecule has 2 amide bonds. The molecule has 0 radical (unpaired) electrons. The summed E-state index contributed by atoms with van der Waals surface area (Å²) in [6.07, 6.45) is 0. The molecule has 0 saturated carbocycles. The fourth-order valence-corrected chi connectivity index (χ4v) is 3.46. The number of carbonyl (C=O) groups excluding carboxylic acids is 1. The zero-order chi connectivity index (χ0) is 23.5. The lowest BCUT2D eigenvalue weighted by Gasteiger charge is -2.13. The number of hydrogen-bond donors (Lipinski definition) is 2. The first-order valence-corrected chi connectivity index (χ1v) is 9.99. The van der Waals surface area contributed by atoms with Crippen LogP contribution in [0.1, 0.15) is 5.82 Å². The van der Waals surface area contributed by atoms with Gasteiger partial charge in [-0.3, -0.25) is 9.36 Å². The number of benzene rings is 3. The Balaban J connectivity index is 1.63. The van der Waals surface area contributed by atoms with E-state index in [2.05, 4.69) is 15.6 Å². The van der Waals surface area contributed by atoms with Gasteiger partial charge in [0.1, 0.15) is 23.1 Å². The van der Waals surface area contributed by atoms with E-state index < -0.39 is 11.8 Å². The van der Waals surface area contributed by atoms with E-state index >= 15 is 0 Å². The van der Waals surface area contributed by atoms with Gasteiger partial charge in [0.15, 0.2) is 0 Å². The summed E-state index contributed by atoms with van der Waals surface area (Å²) in [6.45, 7) is 1.70. The number of nitrogens with one attached hydrogen (secondary N) is 2. The molecule has 2 N–H and O–H groups in total. The van der Waals surface area contributed by atoms with Crippen LogP contribution in [0, 0.1) is 12.7 Å². The van der Waals surface area contributed by atoms with Crippen LogP contribution in [-0.2, 0) is 0 Å². The number of urea groups is 1. The minimum Gasteiger partial charge on any atom is -0.497 e. The fourth-order valence-electron chi connectivity index (χ4n) is 3.46. The average Bonchev–Trinajstić information content (AvgIpc) is 2.81. The summed E-state index contributed by atoms with van der Waals surface area (Å²) < 4.78 is 25.1. The van der Waals surface area contributed by atoms with E-state index in [1.54, 1.807) is 43.3 Å². The van der Waals surface area contributed by atoms with E-state index in [0.717, 1.165) is 0 Å². The third-order valence-corrected chi connectivity index (χ3v) is 5.04. The second kappa shape index (κ2) is 8.99. The average molecular weight is 448 g/mol. The molecule has 8 nitrogen and oxygen atoms in total. The van der Waals surface area contributed by atoms with Crippen LogP contribution in [0.4, 0.5) is 20.6 Å². The summed E-state index contributed by atoms with van der Waals surface area (Å²) in [6, 6.07) is 14.9. The second-order valence-corrected chi connectivity index (χ2v) is 7.15. The predicted octanol–water partition coefficient (Wildman–Crippen LogP) is 4.49. The van der Waals surface area contributed by atoms with E-state index in [0.29, 0.717) is 45.3 Å². The van der Waals surface area contributed by atoms with Crippen molar-refractivity contribution >= 4 is 28.3 Å². The number of nitrogens with zero attached hydrogens (tertiary/aromatic N) is 2. The summed E-state index contributed by atoms with van der Waals surface area (Å²) in [7, 11) is 3.02. The van der Waals surface area contributed by atoms with Gasteiger partial charge in [-0.2, -0.15) is 0 Å². The highest BCUT2D eigenvalue weighted by atomic mass is 19.1. The van der Waals surface area contributed by atoms with Crippen molar-refractivity contribution in [2.75, 3.05) is 24.9 Å². The molecule has 33 heavy (non-hydrogen) atoms. The van der Waals surface area contributed by atoms with E-state index in [-0.39, 0.29) is 5.56 Å². The van der Waals surface area contributed by atoms with Crippen molar-refractivity contribution in [1.82, 2.24) is 9.55 Å². The van der Waals surface area contributed by atoms with Crippen molar-refractivity contribution in [3.8, 4) is 17.2 Å². The van der Waals surface area contributed by atoms with Gasteiger partial charge in [0, 0.05) is 11.8 Å². The predicted molar refractivity (Wildman–Crippen MR) is 124 cm³/mol. The highest BCUT2D eigenvalue weighted by molar-refractivity contribution is 6.01. The molecule has 0 spiro atoms. The lowest BCUT2D eigenvalue weighted by atomic mass is 10.2. The van der Waals surface area contributed by atoms with Gasteiger partial charge in [-0.05, 0) is 61.5 Å². The number of anilines is 2. The second-order valence-electron chi connectivity index (χ2n) is 7.15. The van der Waals surface area contributed by atoms with Crippen molar-refractivity contribution in [1.29, 1.82) is 0 Å². The van der Waals surface area contributed by atoms with Crippen LogP contribution >= 0.6 is 0 Å². The van der Waals surface area contributed by atoms with Gasteiger partial charge in [-0.15, -0.1) is 0 Å². The Labute approximate surface area is 188 Å². The highest BCUT2D eigenvalue weighted by Gasteiger charge is 2.13. The summed E-state index contributed by atoms with van der Waals surface area (Å²) >= 11 is 0. The first kappa shape index (κ1) is 21.8. The Bertz CT molecular complexity index is 1400. The molecule has 0 unspecified atom stereocenters. The van der Waals surface area contributed by atoms with E-state index in [1.165, 1.54) is 43.1 Å². The molecule has 4 rings (SSSR count). The van der Waals surface area contributed by atoms with Crippen LogP contribution in [0.5, 0.6) is 11.5 Å². The molecule has 0 bridgehead atoms. The Morgan fingerprint density at radius 3 is 2.42 bits per heavy atom. The van der Waals surface area contributed by atoms with Crippen molar-refractivity contribution in [3.63, 3.8) is 0 Å². The molecule has 0 fully saturated rings. The Hall–Kier alpha value is -4.40. The van der Waals surface area contributed by atoms with Crippen molar-refractivity contribution in [3.05, 3.63) is 82.7 Å². The van der Waals surface area contributed by atoms with E-state index in [9.17, 15) is 14.0 Å². The monoisotopic (exact) mass is 448 g/mol. The standard InChI is InChI=1S/C24H21FN4O4/c1-14-26-20-10-6-16(12-19(20)23(30)29(14)17-7-4-15(25)5-8-17)27-24(31)28-21-11-9-18(32-2)13-22(21)33-3/h4-13H,1-3H3,(H2,27,28,31). The number of aryl methyl sites for hydroxylation is 1. The van der Waals surface area contributed by atoms with Gasteiger partial charge in [0.2, 0.25) is 0 Å². The van der Waals surface area contributed by atoms with Crippen molar-refractivity contribution in [2.45, 2.75) is 6.92 Å². The fraction of sp³-hybridized carbons (Fsp3) is 0.125.